The molecule has 0 radical (unpaired) electrons. The molecule has 2 aromatic heterocycles. The van der Waals surface area contributed by atoms with Crippen molar-refractivity contribution in [3.63, 3.8) is 0 Å². The monoisotopic (exact) mass is 535 g/mol. The van der Waals surface area contributed by atoms with Crippen molar-refractivity contribution in [1.82, 2.24) is 14.5 Å². The van der Waals surface area contributed by atoms with Crippen LogP contribution in [-0.2, 0) is 0 Å². The summed E-state index contributed by atoms with van der Waals surface area (Å²) in [5.74, 6) is 2.26. The van der Waals surface area contributed by atoms with Crippen LogP contribution in [0.5, 0.6) is 11.5 Å². The van der Waals surface area contributed by atoms with E-state index in [1.54, 1.807) is 0 Å². The van der Waals surface area contributed by atoms with Crippen molar-refractivity contribution >= 4 is 65.0 Å². The number of hydrogen-bond donors (Lipinski definition) is 0. The largest absolute Gasteiger partial charge is 0.456 e. The molecule has 1 aliphatic rings. The highest BCUT2D eigenvalue weighted by atomic mass is 16.5. The summed E-state index contributed by atoms with van der Waals surface area (Å²) in [5.41, 5.74) is 4.92. The number of fused-ring (bicyclic) bond motifs is 11. The lowest BCUT2D eigenvalue weighted by molar-refractivity contribution is 0.486. The summed E-state index contributed by atoms with van der Waals surface area (Å²) in [6.45, 7) is 0. The summed E-state index contributed by atoms with van der Waals surface area (Å²) < 4.78 is 8.47. The van der Waals surface area contributed by atoms with E-state index in [0.717, 1.165) is 44.7 Å². The van der Waals surface area contributed by atoms with Crippen LogP contribution in [0.25, 0.3) is 82.2 Å². The molecule has 0 aliphatic carbocycles. The lowest BCUT2D eigenvalue weighted by atomic mass is 9.94. The van der Waals surface area contributed by atoms with Crippen LogP contribution in [0.3, 0.4) is 0 Å². The van der Waals surface area contributed by atoms with Crippen molar-refractivity contribution < 1.29 is 4.74 Å². The predicted octanol–water partition coefficient (Wildman–Crippen LogP) is 9.96. The minimum Gasteiger partial charge on any atom is -0.456 e. The van der Waals surface area contributed by atoms with E-state index >= 15 is 0 Å². The Bertz CT molecular complexity index is 2610. The van der Waals surface area contributed by atoms with Crippen LogP contribution < -0.4 is 4.74 Å². The highest BCUT2D eigenvalue weighted by Crippen LogP contribution is 2.46. The Kier molecular flexibility index (Phi) is 4.15. The first-order valence-corrected chi connectivity index (χ1v) is 14.2. The summed E-state index contributed by atoms with van der Waals surface area (Å²) in [4.78, 5) is 10.4. The number of para-hydroxylation sites is 2. The smallest absolute Gasteiger partial charge is 0.235 e. The molecular weight excluding hydrogens is 514 g/mol. The van der Waals surface area contributed by atoms with Gasteiger partial charge in [0.25, 0.3) is 0 Å². The number of benzene rings is 7. The molecule has 0 atom stereocenters. The van der Waals surface area contributed by atoms with E-state index in [0.29, 0.717) is 5.95 Å². The van der Waals surface area contributed by atoms with Gasteiger partial charge in [0.1, 0.15) is 11.5 Å². The fourth-order valence-electron chi connectivity index (χ4n) is 6.98. The first kappa shape index (κ1) is 22.0. The Morgan fingerprint density at radius 2 is 1.19 bits per heavy atom. The summed E-state index contributed by atoms with van der Waals surface area (Å²) >= 11 is 0. The first-order chi connectivity index (χ1) is 20.8. The van der Waals surface area contributed by atoms with Crippen molar-refractivity contribution in [2.45, 2.75) is 0 Å². The Labute approximate surface area is 240 Å². The van der Waals surface area contributed by atoms with E-state index in [1.165, 1.54) is 43.1 Å². The second-order valence-electron chi connectivity index (χ2n) is 11.0. The van der Waals surface area contributed by atoms with Gasteiger partial charge in [0.15, 0.2) is 0 Å². The number of nitrogens with zero attached hydrogens (tertiary/aromatic N) is 3. The van der Waals surface area contributed by atoms with Crippen LogP contribution in [0.15, 0.2) is 127 Å². The highest BCUT2D eigenvalue weighted by molar-refractivity contribution is 6.29. The molecule has 0 amide bonds. The van der Waals surface area contributed by atoms with Gasteiger partial charge >= 0.3 is 0 Å². The van der Waals surface area contributed by atoms with Crippen LogP contribution in [0.4, 0.5) is 0 Å². The molecule has 0 unspecified atom stereocenters. The zero-order chi connectivity index (χ0) is 27.4. The molecular formula is C38H21N3O. The van der Waals surface area contributed by atoms with Crippen LogP contribution in [0, 0.1) is 0 Å². The first-order valence-electron chi connectivity index (χ1n) is 14.2. The maximum atomic E-state index is 6.25. The summed E-state index contributed by atoms with van der Waals surface area (Å²) in [7, 11) is 0. The van der Waals surface area contributed by atoms with E-state index in [2.05, 4.69) is 95.6 Å². The fourth-order valence-corrected chi connectivity index (χ4v) is 6.98. The Balaban J connectivity index is 1.35. The van der Waals surface area contributed by atoms with Crippen molar-refractivity contribution in [2.75, 3.05) is 0 Å². The van der Waals surface area contributed by atoms with Crippen molar-refractivity contribution in [2.24, 2.45) is 0 Å². The zero-order valence-corrected chi connectivity index (χ0v) is 22.4. The molecule has 1 aliphatic heterocycles. The van der Waals surface area contributed by atoms with Crippen molar-refractivity contribution in [1.29, 1.82) is 0 Å². The summed E-state index contributed by atoms with van der Waals surface area (Å²) in [6, 6.07) is 44.9. The second kappa shape index (κ2) is 7.93. The Morgan fingerprint density at radius 3 is 2.17 bits per heavy atom. The van der Waals surface area contributed by atoms with Gasteiger partial charge in [-0.2, -0.15) is 0 Å². The van der Waals surface area contributed by atoms with Gasteiger partial charge in [-0.15, -0.1) is 0 Å². The SMILES string of the molecule is c1ccc2c(c1)Oc1cccc3nc(-n4c5ccccc5c5c6ccc7ccc8ccccc8c7c6ccc54)nc-2c13. The maximum absolute atomic E-state index is 6.25. The highest BCUT2D eigenvalue weighted by Gasteiger charge is 2.24. The third kappa shape index (κ3) is 2.80. The minimum absolute atomic E-state index is 0.656. The van der Waals surface area contributed by atoms with Gasteiger partial charge in [0.2, 0.25) is 5.95 Å². The maximum Gasteiger partial charge on any atom is 0.235 e. The average Bonchev–Trinajstić information content (AvgIpc) is 3.39. The minimum atomic E-state index is 0.656. The van der Waals surface area contributed by atoms with Gasteiger partial charge in [0.05, 0.1) is 27.6 Å². The molecule has 0 N–H and O–H groups in total. The van der Waals surface area contributed by atoms with Crippen LogP contribution in [0.2, 0.25) is 0 Å². The molecule has 4 heteroatoms. The summed E-state index contributed by atoms with van der Waals surface area (Å²) in [5, 5.41) is 10.9. The van der Waals surface area contributed by atoms with Gasteiger partial charge in [-0.05, 0) is 68.7 Å². The topological polar surface area (TPSA) is 39.9 Å². The molecule has 7 aromatic carbocycles. The van der Waals surface area contributed by atoms with Crippen molar-refractivity contribution in [3.8, 4) is 28.7 Å². The van der Waals surface area contributed by atoms with Crippen LogP contribution in [-0.4, -0.2) is 14.5 Å². The predicted molar refractivity (Wildman–Crippen MR) is 172 cm³/mol. The molecule has 0 spiro atoms. The van der Waals surface area contributed by atoms with Gasteiger partial charge < -0.3 is 4.74 Å². The molecule has 0 saturated heterocycles. The van der Waals surface area contributed by atoms with E-state index in [9.17, 15) is 0 Å². The molecule has 42 heavy (non-hydrogen) atoms. The molecule has 0 fully saturated rings. The Hall–Kier alpha value is -5.74. The van der Waals surface area contributed by atoms with E-state index in [-0.39, 0.29) is 0 Å². The number of ether oxygens (including phenoxy) is 1. The number of rotatable bonds is 1. The molecule has 9 aromatic rings. The number of hydrogen-bond acceptors (Lipinski definition) is 3. The van der Waals surface area contributed by atoms with Gasteiger partial charge in [-0.1, -0.05) is 91.0 Å². The average molecular weight is 536 g/mol. The normalized spacial score (nSPS) is 12.5. The molecule has 10 rings (SSSR count). The molecule has 0 saturated carbocycles. The van der Waals surface area contributed by atoms with Crippen LogP contribution in [0.1, 0.15) is 0 Å². The van der Waals surface area contributed by atoms with E-state index < -0.39 is 0 Å². The molecule has 194 valence electrons. The third-order valence-electron chi connectivity index (χ3n) is 8.77. The Morgan fingerprint density at radius 1 is 0.452 bits per heavy atom. The molecule has 0 bridgehead atoms. The standard InChI is InChI=1S/C38H21N3O/c1-2-9-24-22(8-1)16-17-23-18-19-26-25(34(23)24)20-21-31-35(26)27-10-3-5-13-30(27)41(31)38-39-29-12-7-15-33-36(29)37(40-38)28-11-4-6-14-32(28)42-33/h1-21H. The molecule has 4 nitrogen and oxygen atoms in total. The quantitative estimate of drug-likeness (QED) is 0.196. The zero-order valence-electron chi connectivity index (χ0n) is 22.4. The van der Waals surface area contributed by atoms with Gasteiger partial charge in [-0.25, -0.2) is 9.97 Å². The van der Waals surface area contributed by atoms with E-state index in [4.69, 9.17) is 14.7 Å². The number of aromatic nitrogens is 3. The lowest BCUT2D eigenvalue weighted by Crippen LogP contribution is -2.06. The lowest BCUT2D eigenvalue weighted by Gasteiger charge is -2.21. The van der Waals surface area contributed by atoms with Gasteiger partial charge in [-0.3, -0.25) is 4.57 Å². The van der Waals surface area contributed by atoms with Crippen LogP contribution >= 0.6 is 0 Å². The summed E-state index contributed by atoms with van der Waals surface area (Å²) in [6.07, 6.45) is 0. The third-order valence-corrected chi connectivity index (χ3v) is 8.77. The second-order valence-corrected chi connectivity index (χ2v) is 11.0. The van der Waals surface area contributed by atoms with Crippen molar-refractivity contribution in [3.05, 3.63) is 127 Å². The fraction of sp³-hybridized carbons (Fsp3) is 0. The van der Waals surface area contributed by atoms with E-state index in [1.807, 2.05) is 36.4 Å². The molecule has 3 heterocycles. The van der Waals surface area contributed by atoms with Gasteiger partial charge in [0, 0.05) is 16.3 Å².